The summed E-state index contributed by atoms with van der Waals surface area (Å²) in [5.41, 5.74) is 0.370. The van der Waals surface area contributed by atoms with Gasteiger partial charge in [-0.2, -0.15) is 0 Å². The van der Waals surface area contributed by atoms with Crippen LogP contribution in [0.25, 0.3) is 0 Å². The van der Waals surface area contributed by atoms with Gasteiger partial charge in [-0.25, -0.2) is 4.79 Å². The Morgan fingerprint density at radius 3 is 2.63 bits per heavy atom. The second kappa shape index (κ2) is 5.82. The molecule has 0 unspecified atom stereocenters. The van der Waals surface area contributed by atoms with Gasteiger partial charge in [0.25, 0.3) is 5.91 Å². The normalized spacial score (nSPS) is 14.8. The van der Waals surface area contributed by atoms with Crippen LogP contribution in [0.2, 0.25) is 0 Å². The Balaban J connectivity index is 1.97. The zero-order valence-electron chi connectivity index (χ0n) is 11.0. The van der Waals surface area contributed by atoms with Gasteiger partial charge < -0.3 is 10.0 Å². The van der Waals surface area contributed by atoms with Crippen molar-refractivity contribution in [1.29, 1.82) is 0 Å². The minimum atomic E-state index is -1.07. The number of aromatic carboxylic acids is 1. The summed E-state index contributed by atoms with van der Waals surface area (Å²) in [6.45, 7) is 0.709. The Hall–Kier alpha value is -1.91. The highest BCUT2D eigenvalue weighted by atomic mass is 16.4. The number of carbonyl (C=O) groups is 2. The molecule has 0 aromatic carbocycles. The van der Waals surface area contributed by atoms with E-state index in [9.17, 15) is 9.59 Å². The van der Waals surface area contributed by atoms with E-state index in [2.05, 4.69) is 4.98 Å². The zero-order chi connectivity index (χ0) is 13.8. The summed E-state index contributed by atoms with van der Waals surface area (Å²) in [6.07, 6.45) is 7.50. The SMILES string of the molecule is CN(CCC1CCC1)C(=O)c1cncc(C(=O)O)c1. The molecule has 5 nitrogen and oxygen atoms in total. The van der Waals surface area contributed by atoms with Crippen LogP contribution in [-0.2, 0) is 0 Å². The second-order valence-corrected chi connectivity index (χ2v) is 5.08. The van der Waals surface area contributed by atoms with Crippen molar-refractivity contribution < 1.29 is 14.7 Å². The third-order valence-corrected chi connectivity index (χ3v) is 3.68. The summed E-state index contributed by atoms with van der Waals surface area (Å²) in [5.74, 6) is -0.493. The van der Waals surface area contributed by atoms with Gasteiger partial charge in [-0.3, -0.25) is 9.78 Å². The summed E-state index contributed by atoms with van der Waals surface area (Å²) in [4.78, 5) is 28.4. The average molecular weight is 262 g/mol. The highest BCUT2D eigenvalue weighted by Crippen LogP contribution is 2.29. The van der Waals surface area contributed by atoms with E-state index in [0.29, 0.717) is 12.1 Å². The minimum absolute atomic E-state index is 0.0400. The average Bonchev–Trinajstić information content (AvgIpc) is 2.36. The van der Waals surface area contributed by atoms with Gasteiger partial charge in [-0.15, -0.1) is 0 Å². The van der Waals surface area contributed by atoms with E-state index >= 15 is 0 Å². The monoisotopic (exact) mass is 262 g/mol. The first-order valence-electron chi connectivity index (χ1n) is 6.51. The van der Waals surface area contributed by atoms with Crippen LogP contribution in [0.5, 0.6) is 0 Å². The maximum Gasteiger partial charge on any atom is 0.337 e. The van der Waals surface area contributed by atoms with Gasteiger partial charge in [-0.05, 0) is 18.4 Å². The van der Waals surface area contributed by atoms with Crippen LogP contribution in [0, 0.1) is 5.92 Å². The number of nitrogens with zero attached hydrogens (tertiary/aromatic N) is 2. The molecular formula is C14H18N2O3. The summed E-state index contributed by atoms with van der Waals surface area (Å²) in [6, 6.07) is 1.37. The largest absolute Gasteiger partial charge is 0.478 e. The van der Waals surface area contributed by atoms with Crippen molar-refractivity contribution in [2.24, 2.45) is 5.92 Å². The summed E-state index contributed by atoms with van der Waals surface area (Å²) in [5, 5.41) is 8.88. The van der Waals surface area contributed by atoms with E-state index in [-0.39, 0.29) is 11.5 Å². The number of aromatic nitrogens is 1. The lowest BCUT2D eigenvalue weighted by Crippen LogP contribution is -2.30. The number of carbonyl (C=O) groups excluding carboxylic acids is 1. The van der Waals surface area contributed by atoms with Gasteiger partial charge in [0, 0.05) is 26.0 Å². The van der Waals surface area contributed by atoms with Crippen molar-refractivity contribution in [2.75, 3.05) is 13.6 Å². The highest BCUT2D eigenvalue weighted by Gasteiger charge is 2.20. The molecule has 1 aliphatic rings. The zero-order valence-corrected chi connectivity index (χ0v) is 11.0. The molecule has 1 amide bonds. The Morgan fingerprint density at radius 1 is 1.37 bits per heavy atom. The number of carboxylic acid groups (broad SMARTS) is 1. The molecule has 0 atom stereocenters. The van der Waals surface area contributed by atoms with Crippen molar-refractivity contribution in [3.8, 4) is 0 Å². The van der Waals surface area contributed by atoms with Gasteiger partial charge in [0.1, 0.15) is 0 Å². The van der Waals surface area contributed by atoms with Crippen LogP contribution in [0.1, 0.15) is 46.4 Å². The fourth-order valence-electron chi connectivity index (χ4n) is 2.15. The molecule has 1 saturated carbocycles. The molecule has 1 aromatic heterocycles. The van der Waals surface area contributed by atoms with Gasteiger partial charge in [-0.1, -0.05) is 19.3 Å². The maximum atomic E-state index is 12.1. The van der Waals surface area contributed by atoms with E-state index in [0.717, 1.165) is 12.3 Å². The van der Waals surface area contributed by atoms with Crippen LogP contribution in [0.15, 0.2) is 18.5 Å². The molecule has 2 rings (SSSR count). The molecule has 19 heavy (non-hydrogen) atoms. The number of carboxylic acids is 1. The first kappa shape index (κ1) is 13.5. The minimum Gasteiger partial charge on any atom is -0.478 e. The molecule has 1 aromatic rings. The molecule has 102 valence electrons. The van der Waals surface area contributed by atoms with Crippen molar-refractivity contribution >= 4 is 11.9 Å². The lowest BCUT2D eigenvalue weighted by atomic mass is 9.83. The van der Waals surface area contributed by atoms with Crippen molar-refractivity contribution in [3.05, 3.63) is 29.6 Å². The van der Waals surface area contributed by atoms with Gasteiger partial charge in [0.2, 0.25) is 0 Å². The maximum absolute atomic E-state index is 12.1. The van der Waals surface area contributed by atoms with Gasteiger partial charge in [0.15, 0.2) is 0 Å². The first-order valence-corrected chi connectivity index (χ1v) is 6.51. The quantitative estimate of drug-likeness (QED) is 0.881. The molecular weight excluding hydrogens is 244 g/mol. The topological polar surface area (TPSA) is 70.5 Å². The molecule has 0 aliphatic heterocycles. The third-order valence-electron chi connectivity index (χ3n) is 3.68. The Morgan fingerprint density at radius 2 is 2.05 bits per heavy atom. The molecule has 0 bridgehead atoms. The Bertz CT molecular complexity index is 483. The van der Waals surface area contributed by atoms with E-state index < -0.39 is 5.97 Å². The Kier molecular flexibility index (Phi) is 4.14. The summed E-state index contributed by atoms with van der Waals surface area (Å²) < 4.78 is 0. The lowest BCUT2D eigenvalue weighted by Gasteiger charge is -2.27. The van der Waals surface area contributed by atoms with E-state index in [1.54, 1.807) is 11.9 Å². The van der Waals surface area contributed by atoms with Crippen LogP contribution < -0.4 is 0 Å². The van der Waals surface area contributed by atoms with Gasteiger partial charge >= 0.3 is 5.97 Å². The molecule has 5 heteroatoms. The predicted molar refractivity (Wildman–Crippen MR) is 70.1 cm³/mol. The molecule has 1 fully saturated rings. The molecule has 1 N–H and O–H groups in total. The summed E-state index contributed by atoms with van der Waals surface area (Å²) >= 11 is 0. The molecule has 0 radical (unpaired) electrons. The smallest absolute Gasteiger partial charge is 0.337 e. The second-order valence-electron chi connectivity index (χ2n) is 5.08. The molecule has 0 saturated heterocycles. The van der Waals surface area contributed by atoms with E-state index in [1.807, 2.05) is 0 Å². The Labute approximate surface area is 112 Å². The van der Waals surface area contributed by atoms with Crippen molar-refractivity contribution in [1.82, 2.24) is 9.88 Å². The number of hydrogen-bond donors (Lipinski definition) is 1. The summed E-state index contributed by atoms with van der Waals surface area (Å²) in [7, 11) is 1.74. The van der Waals surface area contributed by atoms with Crippen LogP contribution >= 0.6 is 0 Å². The fourth-order valence-corrected chi connectivity index (χ4v) is 2.15. The predicted octanol–water partition coefficient (Wildman–Crippen LogP) is 2.04. The van der Waals surface area contributed by atoms with Crippen molar-refractivity contribution in [3.63, 3.8) is 0 Å². The fraction of sp³-hybridized carbons (Fsp3) is 0.500. The van der Waals surface area contributed by atoms with E-state index in [4.69, 9.17) is 5.11 Å². The van der Waals surface area contributed by atoms with Crippen LogP contribution in [0.4, 0.5) is 0 Å². The van der Waals surface area contributed by atoms with Gasteiger partial charge in [0.05, 0.1) is 11.1 Å². The molecule has 1 aliphatic carbocycles. The third kappa shape index (κ3) is 3.30. The van der Waals surface area contributed by atoms with Crippen LogP contribution in [-0.4, -0.2) is 40.5 Å². The number of pyridine rings is 1. The van der Waals surface area contributed by atoms with Crippen molar-refractivity contribution in [2.45, 2.75) is 25.7 Å². The standard InChI is InChI=1S/C14H18N2O3/c1-16(6-5-10-3-2-4-10)13(17)11-7-12(14(18)19)9-15-8-11/h7-10H,2-6H2,1H3,(H,18,19). The molecule has 1 heterocycles. The number of hydrogen-bond acceptors (Lipinski definition) is 3. The highest BCUT2D eigenvalue weighted by molar-refractivity contribution is 5.96. The van der Waals surface area contributed by atoms with E-state index in [1.165, 1.54) is 37.7 Å². The number of amides is 1. The van der Waals surface area contributed by atoms with Crippen LogP contribution in [0.3, 0.4) is 0 Å². The number of rotatable bonds is 5. The first-order chi connectivity index (χ1) is 9.08. The molecule has 0 spiro atoms. The lowest BCUT2D eigenvalue weighted by molar-refractivity contribution is 0.0696.